The topological polar surface area (TPSA) is 117 Å². The summed E-state index contributed by atoms with van der Waals surface area (Å²) in [6, 6.07) is 0. The van der Waals surface area contributed by atoms with Crippen LogP contribution >= 0.6 is 0 Å². The Hall–Kier alpha value is -1.66. The summed E-state index contributed by atoms with van der Waals surface area (Å²) in [4.78, 5) is 20.2. The van der Waals surface area contributed by atoms with Crippen molar-refractivity contribution < 1.29 is 24.9 Å². The van der Waals surface area contributed by atoms with Gasteiger partial charge in [-0.05, 0) is 25.7 Å². The molecule has 0 aliphatic carbocycles. The number of carboxylic acids is 2. The summed E-state index contributed by atoms with van der Waals surface area (Å²) in [5.41, 5.74) is 0.484. The Bertz CT molecular complexity index is 348. The lowest BCUT2D eigenvalue weighted by molar-refractivity contribution is -0.133. The van der Waals surface area contributed by atoms with E-state index in [0.29, 0.717) is 24.8 Å². The van der Waals surface area contributed by atoms with Crippen LogP contribution < -0.4 is 5.32 Å². The summed E-state index contributed by atoms with van der Waals surface area (Å²) < 4.78 is 0. The smallest absolute Gasteiger partial charge is 0.330 e. The van der Waals surface area contributed by atoms with Crippen molar-refractivity contribution in [3.63, 3.8) is 0 Å². The number of hydrogen-bond acceptors (Lipinski definition) is 4. The van der Waals surface area contributed by atoms with Gasteiger partial charge in [0.1, 0.15) is 0 Å². The van der Waals surface area contributed by atoms with Crippen LogP contribution in [0.4, 0.5) is 0 Å². The summed E-state index contributed by atoms with van der Waals surface area (Å²) >= 11 is 0. The molecule has 1 aliphatic heterocycles. The van der Waals surface area contributed by atoms with Crippen LogP contribution in [0.5, 0.6) is 0 Å². The molecule has 0 bridgehead atoms. The fraction of sp³-hybridized carbons (Fsp3) is 0.625. The van der Waals surface area contributed by atoms with Crippen molar-refractivity contribution in [1.82, 2.24) is 5.32 Å². The van der Waals surface area contributed by atoms with E-state index in [1.807, 2.05) is 0 Å². The van der Waals surface area contributed by atoms with Crippen LogP contribution in [0, 0.1) is 0 Å². The number of rotatable bonds is 9. The summed E-state index contributed by atoms with van der Waals surface area (Å²) in [6.45, 7) is 11.3. The van der Waals surface area contributed by atoms with Crippen LogP contribution in [0.1, 0.15) is 45.4 Å². The third kappa shape index (κ3) is 20.7. The molecule has 1 heterocycles. The Morgan fingerprint density at radius 1 is 0.955 bits per heavy atom. The number of unbranched alkanes of at least 4 members (excludes halogenated alkanes) is 2. The lowest BCUT2D eigenvalue weighted by atomic mass is 10.1. The molecule has 128 valence electrons. The average Bonchev–Trinajstić information content (AvgIpc) is 3.33. The van der Waals surface area contributed by atoms with Gasteiger partial charge in [0.15, 0.2) is 0 Å². The fourth-order valence-corrected chi connectivity index (χ4v) is 1.09. The number of aliphatic carboxylic acids is 2. The van der Waals surface area contributed by atoms with Gasteiger partial charge in [-0.1, -0.05) is 32.9 Å². The van der Waals surface area contributed by atoms with Crippen molar-refractivity contribution in [2.75, 3.05) is 19.7 Å². The molecule has 0 unspecified atom stereocenters. The standard InChI is InChI=1S/C8H14O2.C6H10O3.C2H5N/c1-3-4-5-6-7(2)8(9)10;1-5(6(8)9)3-2-4-7;1-2-3-1/h2-6H2,1H3,(H,9,10);7H,1-4H2,(H,8,9);3H,1-2H2. The minimum atomic E-state index is -0.983. The molecule has 0 saturated carbocycles. The van der Waals surface area contributed by atoms with Crippen molar-refractivity contribution in [2.45, 2.75) is 45.4 Å². The summed E-state index contributed by atoms with van der Waals surface area (Å²) in [5.74, 6) is -1.85. The van der Waals surface area contributed by atoms with E-state index >= 15 is 0 Å². The molecule has 0 spiro atoms. The second-order valence-electron chi connectivity index (χ2n) is 4.85. The Kier molecular flexibility index (Phi) is 16.2. The number of carbonyl (C=O) groups is 2. The van der Waals surface area contributed by atoms with Crippen LogP contribution in [0.3, 0.4) is 0 Å². The summed E-state index contributed by atoms with van der Waals surface area (Å²) in [5, 5.41) is 27.9. The second kappa shape index (κ2) is 15.7. The largest absolute Gasteiger partial charge is 0.478 e. The van der Waals surface area contributed by atoms with Crippen LogP contribution in [0.15, 0.2) is 24.3 Å². The first-order valence-corrected chi connectivity index (χ1v) is 7.50. The van der Waals surface area contributed by atoms with Gasteiger partial charge in [-0.2, -0.15) is 0 Å². The molecule has 1 fully saturated rings. The number of aliphatic hydroxyl groups excluding tert-OH is 1. The lowest BCUT2D eigenvalue weighted by Gasteiger charge is -1.97. The van der Waals surface area contributed by atoms with Crippen molar-refractivity contribution in [3.8, 4) is 0 Å². The van der Waals surface area contributed by atoms with Crippen LogP contribution in [-0.2, 0) is 9.59 Å². The van der Waals surface area contributed by atoms with E-state index < -0.39 is 11.9 Å². The van der Waals surface area contributed by atoms with E-state index in [-0.39, 0.29) is 12.2 Å². The quantitative estimate of drug-likeness (QED) is 0.294. The first-order chi connectivity index (χ1) is 10.4. The molecule has 0 radical (unpaired) electrons. The molecule has 0 amide bonds. The normalized spacial score (nSPS) is 11.2. The van der Waals surface area contributed by atoms with Crippen molar-refractivity contribution in [3.05, 3.63) is 24.3 Å². The molecule has 6 heteroatoms. The number of nitrogens with one attached hydrogen (secondary N) is 1. The Labute approximate surface area is 132 Å². The Morgan fingerprint density at radius 3 is 1.64 bits per heavy atom. The van der Waals surface area contributed by atoms with Gasteiger partial charge in [0.25, 0.3) is 0 Å². The van der Waals surface area contributed by atoms with Crippen LogP contribution in [0.2, 0.25) is 0 Å². The highest BCUT2D eigenvalue weighted by molar-refractivity contribution is 5.85. The molecular formula is C16H29NO5. The van der Waals surface area contributed by atoms with E-state index in [9.17, 15) is 9.59 Å². The zero-order chi connectivity index (χ0) is 17.4. The zero-order valence-corrected chi connectivity index (χ0v) is 13.4. The highest BCUT2D eigenvalue weighted by Crippen LogP contribution is 2.06. The molecule has 1 saturated heterocycles. The highest BCUT2D eigenvalue weighted by Gasteiger charge is 2.01. The predicted octanol–water partition coefficient (Wildman–Crippen LogP) is 2.20. The van der Waals surface area contributed by atoms with Gasteiger partial charge < -0.3 is 20.6 Å². The number of carboxylic acid groups (broad SMARTS) is 2. The monoisotopic (exact) mass is 315 g/mol. The van der Waals surface area contributed by atoms with Crippen molar-refractivity contribution in [1.29, 1.82) is 0 Å². The van der Waals surface area contributed by atoms with Gasteiger partial charge in [0.05, 0.1) is 0 Å². The van der Waals surface area contributed by atoms with E-state index in [1.165, 1.54) is 13.1 Å². The molecule has 22 heavy (non-hydrogen) atoms. The maximum atomic E-state index is 10.2. The molecule has 0 aromatic heterocycles. The molecule has 0 aromatic rings. The number of aliphatic hydroxyl groups is 1. The second-order valence-corrected chi connectivity index (χ2v) is 4.85. The molecule has 0 aromatic carbocycles. The Balaban J connectivity index is 0. The molecule has 1 rings (SSSR count). The average molecular weight is 315 g/mol. The van der Waals surface area contributed by atoms with Crippen LogP contribution in [0.25, 0.3) is 0 Å². The van der Waals surface area contributed by atoms with Gasteiger partial charge in [-0.25, -0.2) is 9.59 Å². The third-order valence-corrected chi connectivity index (χ3v) is 2.57. The zero-order valence-electron chi connectivity index (χ0n) is 13.4. The summed E-state index contributed by atoms with van der Waals surface area (Å²) in [6.07, 6.45) is 4.63. The molecule has 1 aliphatic rings. The fourth-order valence-electron chi connectivity index (χ4n) is 1.09. The molecular weight excluding hydrogens is 286 g/mol. The van der Waals surface area contributed by atoms with Gasteiger partial charge in [-0.3, -0.25) is 0 Å². The minimum Gasteiger partial charge on any atom is -0.478 e. The minimum absolute atomic E-state index is 0.0201. The van der Waals surface area contributed by atoms with Gasteiger partial charge in [-0.15, -0.1) is 0 Å². The molecule has 0 atom stereocenters. The number of hydrogen-bond donors (Lipinski definition) is 4. The Morgan fingerprint density at radius 2 is 1.36 bits per heavy atom. The predicted molar refractivity (Wildman–Crippen MR) is 86.9 cm³/mol. The third-order valence-electron chi connectivity index (χ3n) is 2.57. The van der Waals surface area contributed by atoms with Gasteiger partial charge in [0.2, 0.25) is 0 Å². The maximum absolute atomic E-state index is 10.2. The van der Waals surface area contributed by atoms with E-state index in [2.05, 4.69) is 25.4 Å². The SMILES string of the molecule is C1CN1.C=C(CCCCC)C(=O)O.C=C(CCCO)C(=O)O. The van der Waals surface area contributed by atoms with E-state index in [4.69, 9.17) is 15.3 Å². The first kappa shape index (κ1) is 22.6. The van der Waals surface area contributed by atoms with Gasteiger partial charge >= 0.3 is 11.9 Å². The highest BCUT2D eigenvalue weighted by atomic mass is 16.4. The van der Waals surface area contributed by atoms with Crippen molar-refractivity contribution >= 4 is 11.9 Å². The molecule has 4 N–H and O–H groups in total. The van der Waals surface area contributed by atoms with Crippen LogP contribution in [-0.4, -0.2) is 47.0 Å². The van der Waals surface area contributed by atoms with Gasteiger partial charge in [0, 0.05) is 30.8 Å². The van der Waals surface area contributed by atoms with Crippen molar-refractivity contribution in [2.24, 2.45) is 0 Å². The lowest BCUT2D eigenvalue weighted by Crippen LogP contribution is -1.99. The molecule has 6 nitrogen and oxygen atoms in total. The van der Waals surface area contributed by atoms with E-state index in [0.717, 1.165) is 19.3 Å². The van der Waals surface area contributed by atoms with E-state index in [1.54, 1.807) is 0 Å². The first-order valence-electron chi connectivity index (χ1n) is 7.50. The summed E-state index contributed by atoms with van der Waals surface area (Å²) in [7, 11) is 0. The maximum Gasteiger partial charge on any atom is 0.330 e.